The van der Waals surface area contributed by atoms with Crippen LogP contribution in [0.3, 0.4) is 0 Å². The van der Waals surface area contributed by atoms with Crippen LogP contribution in [0.15, 0.2) is 24.3 Å². The third-order valence-corrected chi connectivity index (χ3v) is 13.4. The average Bonchev–Trinajstić information content (AvgIpc) is 3.19. The zero-order valence-electron chi connectivity index (χ0n) is 35.0. The molecule has 0 heterocycles. The quantitative estimate of drug-likeness (QED) is 0.134. The smallest absolute Gasteiger partial charge is 0.306 e. The van der Waals surface area contributed by atoms with Crippen molar-refractivity contribution in [2.75, 3.05) is 12.5 Å². The van der Waals surface area contributed by atoms with Crippen molar-refractivity contribution in [1.82, 2.24) is 0 Å². The average molecular weight is 833 g/mol. The molecule has 4 aliphatic rings. The number of hydrogen-bond donors (Lipinski definition) is 0. The largest absolute Gasteiger partial charge is 0.382 e. The van der Waals surface area contributed by atoms with Crippen molar-refractivity contribution >= 4 is 20.2 Å². The van der Waals surface area contributed by atoms with Crippen molar-refractivity contribution in [2.45, 2.75) is 199 Å². The first-order chi connectivity index (χ1) is 27.2. The van der Waals surface area contributed by atoms with Crippen molar-refractivity contribution in [1.29, 1.82) is 0 Å². The Hall–Kier alpha value is -2.22. The number of ether oxygens (including phenoxy) is 4. The maximum absolute atomic E-state index is 12.8. The molecule has 0 N–H and O–H groups in total. The maximum Gasteiger partial charge on any atom is 0.306 e. The molecule has 0 bridgehead atoms. The molecule has 320 valence electrons. The summed E-state index contributed by atoms with van der Waals surface area (Å²) in [6, 6.07) is 8.07. The summed E-state index contributed by atoms with van der Waals surface area (Å²) in [5.41, 5.74) is 3.86. The van der Waals surface area contributed by atoms with E-state index in [4.69, 9.17) is 27.3 Å². The van der Waals surface area contributed by atoms with Crippen LogP contribution in [0, 0.1) is 0 Å². The van der Waals surface area contributed by atoms with E-state index in [1.54, 1.807) is 0 Å². The van der Waals surface area contributed by atoms with Crippen LogP contribution < -0.4 is 8.37 Å². The van der Waals surface area contributed by atoms with Crippen molar-refractivity contribution in [3.8, 4) is 11.5 Å². The van der Waals surface area contributed by atoms with Gasteiger partial charge < -0.3 is 27.3 Å². The molecule has 0 aromatic heterocycles. The van der Waals surface area contributed by atoms with E-state index < -0.39 is 25.7 Å². The SMILES string of the molecule is CC(C)(c1cc(COC2CCCCC2)c(OS(C)(=O)=O)c(COC2CCCCC2)c1)c1cc(COC2CCCCC2)c(OS(C)(=O)=O)c(COC2CCCCC2)c1. The first-order valence-electron chi connectivity index (χ1n) is 21.8. The maximum atomic E-state index is 12.8. The molecule has 57 heavy (non-hydrogen) atoms. The predicted molar refractivity (Wildman–Crippen MR) is 223 cm³/mol. The first kappa shape index (κ1) is 44.3. The molecule has 0 atom stereocenters. The van der Waals surface area contributed by atoms with Crippen LogP contribution in [0.25, 0.3) is 0 Å². The molecule has 2 aromatic carbocycles. The molecule has 0 aliphatic heterocycles. The van der Waals surface area contributed by atoms with Gasteiger partial charge in [-0.15, -0.1) is 0 Å². The molecular weight excluding hydrogens is 765 g/mol. The van der Waals surface area contributed by atoms with Crippen LogP contribution in [0.1, 0.15) is 176 Å². The van der Waals surface area contributed by atoms with Gasteiger partial charge in [0.2, 0.25) is 0 Å². The lowest BCUT2D eigenvalue weighted by molar-refractivity contribution is 0.0132. The lowest BCUT2D eigenvalue weighted by Gasteiger charge is -2.31. The number of rotatable bonds is 18. The van der Waals surface area contributed by atoms with E-state index >= 15 is 0 Å². The molecule has 6 rings (SSSR count). The van der Waals surface area contributed by atoms with Crippen LogP contribution in [0.5, 0.6) is 11.5 Å². The highest BCUT2D eigenvalue weighted by atomic mass is 32.2. The number of benzene rings is 2. The summed E-state index contributed by atoms with van der Waals surface area (Å²) in [6.07, 6.45) is 24.1. The molecule has 12 heteroatoms. The third kappa shape index (κ3) is 13.4. The molecule has 0 unspecified atom stereocenters. The van der Waals surface area contributed by atoms with Crippen LogP contribution in [0.4, 0.5) is 0 Å². The second kappa shape index (κ2) is 20.4. The molecule has 10 nitrogen and oxygen atoms in total. The summed E-state index contributed by atoms with van der Waals surface area (Å²) in [4.78, 5) is 0. The lowest BCUT2D eigenvalue weighted by atomic mass is 9.76. The normalized spacial score (nSPS) is 20.1. The Morgan fingerprint density at radius 2 is 0.667 bits per heavy atom. The fraction of sp³-hybridized carbons (Fsp3) is 0.733. The fourth-order valence-electron chi connectivity index (χ4n) is 9.10. The summed E-state index contributed by atoms with van der Waals surface area (Å²) in [7, 11) is -7.75. The second-order valence-corrected chi connectivity index (χ2v) is 20.9. The topological polar surface area (TPSA) is 124 Å². The second-order valence-electron chi connectivity index (χ2n) is 17.7. The van der Waals surface area contributed by atoms with Gasteiger partial charge in [-0.25, -0.2) is 0 Å². The van der Waals surface area contributed by atoms with Gasteiger partial charge in [-0.3, -0.25) is 0 Å². The van der Waals surface area contributed by atoms with Gasteiger partial charge in [0.05, 0.1) is 63.4 Å². The van der Waals surface area contributed by atoms with Gasteiger partial charge >= 0.3 is 20.2 Å². The molecule has 0 saturated heterocycles. The lowest BCUT2D eigenvalue weighted by Crippen LogP contribution is -2.24. The Morgan fingerprint density at radius 3 is 0.877 bits per heavy atom. The zero-order chi connectivity index (χ0) is 40.5. The van der Waals surface area contributed by atoms with Crippen molar-refractivity contribution < 1.29 is 44.1 Å². The van der Waals surface area contributed by atoms with Crippen molar-refractivity contribution in [3.05, 3.63) is 57.6 Å². The standard InChI is InChI=1S/C45H68O10S2/c1-45(2,37-25-33(29-50-39-17-9-5-10-18-39)43(54-56(3,46)47)34(26-37)30-51-40-19-11-6-12-20-40)38-27-35(31-52-41-21-13-7-14-22-41)44(55-57(4,48)49)36(28-38)32-53-42-23-15-8-16-24-42/h25-28,39-42H,5-24,29-32H2,1-4H3. The molecule has 0 spiro atoms. The summed E-state index contributed by atoms with van der Waals surface area (Å²) in [5, 5.41) is 0. The van der Waals surface area contributed by atoms with Gasteiger partial charge in [0, 0.05) is 27.7 Å². The highest BCUT2D eigenvalue weighted by Crippen LogP contribution is 2.42. The highest BCUT2D eigenvalue weighted by molar-refractivity contribution is 7.86. The minimum atomic E-state index is -3.87. The van der Waals surface area contributed by atoms with E-state index in [9.17, 15) is 16.8 Å². The molecular formula is C45H68O10S2. The summed E-state index contributed by atoms with van der Waals surface area (Å²) < 4.78 is 88.8. The predicted octanol–water partition coefficient (Wildman–Crippen LogP) is 10.1. The van der Waals surface area contributed by atoms with Crippen LogP contribution in [-0.4, -0.2) is 53.8 Å². The van der Waals surface area contributed by atoms with Gasteiger partial charge in [-0.1, -0.05) is 90.9 Å². The van der Waals surface area contributed by atoms with Gasteiger partial charge in [-0.2, -0.15) is 16.8 Å². The van der Waals surface area contributed by atoms with Crippen LogP contribution in [0.2, 0.25) is 0 Å². The van der Waals surface area contributed by atoms with E-state index in [2.05, 4.69) is 13.8 Å². The monoisotopic (exact) mass is 832 g/mol. The summed E-state index contributed by atoms with van der Waals surface area (Å²) >= 11 is 0. The fourth-order valence-corrected chi connectivity index (χ4v) is 10.1. The van der Waals surface area contributed by atoms with E-state index in [0.29, 0.717) is 22.3 Å². The Kier molecular flexibility index (Phi) is 15.8. The molecule has 2 aromatic rings. The molecule has 4 fully saturated rings. The summed E-state index contributed by atoms with van der Waals surface area (Å²) in [6.45, 7) is 5.10. The van der Waals surface area contributed by atoms with Crippen LogP contribution >= 0.6 is 0 Å². The van der Waals surface area contributed by atoms with Gasteiger partial charge in [-0.05, 0) is 86.8 Å². The van der Waals surface area contributed by atoms with E-state index in [0.717, 1.165) is 126 Å². The Bertz CT molecular complexity index is 1600. The first-order valence-corrected chi connectivity index (χ1v) is 25.4. The number of hydrogen-bond acceptors (Lipinski definition) is 10. The van der Waals surface area contributed by atoms with E-state index in [1.165, 1.54) is 25.7 Å². The minimum Gasteiger partial charge on any atom is -0.382 e. The molecule has 4 aliphatic carbocycles. The van der Waals surface area contributed by atoms with Gasteiger partial charge in [0.25, 0.3) is 0 Å². The third-order valence-electron chi connectivity index (χ3n) is 12.5. The Balaban J connectivity index is 1.43. The van der Waals surface area contributed by atoms with Crippen molar-refractivity contribution in [3.63, 3.8) is 0 Å². The van der Waals surface area contributed by atoms with E-state index in [-0.39, 0.29) is 62.3 Å². The Labute approximate surface area is 343 Å². The minimum absolute atomic E-state index is 0.101. The zero-order valence-corrected chi connectivity index (χ0v) is 36.6. The molecule has 0 radical (unpaired) electrons. The van der Waals surface area contributed by atoms with Crippen LogP contribution in [-0.2, 0) is 71.0 Å². The van der Waals surface area contributed by atoms with Crippen molar-refractivity contribution in [2.24, 2.45) is 0 Å². The van der Waals surface area contributed by atoms with E-state index in [1.807, 2.05) is 24.3 Å². The molecule has 4 saturated carbocycles. The van der Waals surface area contributed by atoms with Gasteiger partial charge in [0.1, 0.15) is 0 Å². The Morgan fingerprint density at radius 1 is 0.439 bits per heavy atom. The van der Waals surface area contributed by atoms with Gasteiger partial charge in [0.15, 0.2) is 11.5 Å². The summed E-state index contributed by atoms with van der Waals surface area (Å²) in [5.74, 6) is 0.562. The molecule has 0 amide bonds. The highest BCUT2D eigenvalue weighted by Gasteiger charge is 2.31.